The second-order valence-corrected chi connectivity index (χ2v) is 5.06. The van der Waals surface area contributed by atoms with Gasteiger partial charge < -0.3 is 0 Å². The SMILES string of the molecule is Cn1cc(-c2ccc3c(c2)ncn3-c2ccccc2)cn1. The van der Waals surface area contributed by atoms with Crippen LogP contribution in [0.3, 0.4) is 0 Å². The van der Waals surface area contributed by atoms with Crippen molar-refractivity contribution in [1.29, 1.82) is 0 Å². The maximum absolute atomic E-state index is 4.52. The normalized spacial score (nSPS) is 11.1. The van der Waals surface area contributed by atoms with E-state index in [0.29, 0.717) is 0 Å². The van der Waals surface area contributed by atoms with E-state index in [1.807, 2.05) is 48.6 Å². The van der Waals surface area contributed by atoms with Crippen molar-refractivity contribution >= 4 is 11.0 Å². The van der Waals surface area contributed by atoms with E-state index in [0.717, 1.165) is 27.8 Å². The van der Waals surface area contributed by atoms with Gasteiger partial charge in [-0.15, -0.1) is 0 Å². The number of benzene rings is 2. The highest BCUT2D eigenvalue weighted by Crippen LogP contribution is 2.25. The maximum Gasteiger partial charge on any atom is 0.100 e. The van der Waals surface area contributed by atoms with Crippen LogP contribution < -0.4 is 0 Å². The predicted octanol–water partition coefficient (Wildman–Crippen LogP) is 3.43. The van der Waals surface area contributed by atoms with Crippen LogP contribution in [0.1, 0.15) is 0 Å². The number of fused-ring (bicyclic) bond motifs is 1. The fourth-order valence-corrected chi connectivity index (χ4v) is 2.56. The molecular weight excluding hydrogens is 260 g/mol. The van der Waals surface area contributed by atoms with E-state index in [4.69, 9.17) is 0 Å². The summed E-state index contributed by atoms with van der Waals surface area (Å²) >= 11 is 0. The molecule has 0 aliphatic carbocycles. The van der Waals surface area contributed by atoms with Gasteiger partial charge in [0.15, 0.2) is 0 Å². The molecule has 4 rings (SSSR count). The molecule has 4 nitrogen and oxygen atoms in total. The molecule has 0 saturated heterocycles. The van der Waals surface area contributed by atoms with Crippen LogP contribution in [0.5, 0.6) is 0 Å². The van der Waals surface area contributed by atoms with E-state index >= 15 is 0 Å². The number of hydrogen-bond donors (Lipinski definition) is 0. The van der Waals surface area contributed by atoms with Crippen molar-refractivity contribution in [2.24, 2.45) is 7.05 Å². The lowest BCUT2D eigenvalue weighted by Crippen LogP contribution is -1.90. The number of nitrogens with zero attached hydrogens (tertiary/aromatic N) is 4. The first kappa shape index (κ1) is 11.9. The molecule has 2 aromatic heterocycles. The molecule has 4 aromatic rings. The van der Waals surface area contributed by atoms with Crippen molar-refractivity contribution < 1.29 is 0 Å². The highest BCUT2D eigenvalue weighted by molar-refractivity contribution is 5.83. The minimum absolute atomic E-state index is 0.986. The van der Waals surface area contributed by atoms with Crippen molar-refractivity contribution in [3.63, 3.8) is 0 Å². The number of hydrogen-bond acceptors (Lipinski definition) is 2. The molecule has 0 aliphatic rings. The Labute approximate surface area is 122 Å². The third-order valence-electron chi connectivity index (χ3n) is 3.62. The average molecular weight is 274 g/mol. The van der Waals surface area contributed by atoms with Gasteiger partial charge in [0, 0.05) is 24.5 Å². The summed E-state index contributed by atoms with van der Waals surface area (Å²) in [5.41, 5.74) is 5.45. The number of aromatic nitrogens is 4. The van der Waals surface area contributed by atoms with Crippen molar-refractivity contribution in [1.82, 2.24) is 19.3 Å². The Balaban J connectivity index is 1.84. The topological polar surface area (TPSA) is 35.6 Å². The molecule has 0 N–H and O–H groups in total. The van der Waals surface area contributed by atoms with Gasteiger partial charge in [0.2, 0.25) is 0 Å². The van der Waals surface area contributed by atoms with Gasteiger partial charge in [-0.1, -0.05) is 24.3 Å². The van der Waals surface area contributed by atoms with Crippen molar-refractivity contribution in [3.8, 4) is 16.8 Å². The smallest absolute Gasteiger partial charge is 0.100 e. The van der Waals surface area contributed by atoms with Crippen molar-refractivity contribution in [2.45, 2.75) is 0 Å². The van der Waals surface area contributed by atoms with Crippen LogP contribution in [0.4, 0.5) is 0 Å². The van der Waals surface area contributed by atoms with Crippen LogP contribution in [0, 0.1) is 0 Å². The molecule has 2 aromatic carbocycles. The van der Waals surface area contributed by atoms with Gasteiger partial charge in [-0.3, -0.25) is 9.25 Å². The first-order chi connectivity index (χ1) is 10.3. The minimum atomic E-state index is 0.986. The molecule has 0 radical (unpaired) electrons. The van der Waals surface area contributed by atoms with Gasteiger partial charge in [-0.05, 0) is 29.8 Å². The van der Waals surface area contributed by atoms with Crippen LogP contribution in [-0.2, 0) is 7.05 Å². The van der Waals surface area contributed by atoms with E-state index in [9.17, 15) is 0 Å². The maximum atomic E-state index is 4.52. The zero-order valence-electron chi connectivity index (χ0n) is 11.6. The first-order valence-corrected chi connectivity index (χ1v) is 6.83. The Kier molecular flexibility index (Phi) is 2.60. The summed E-state index contributed by atoms with van der Waals surface area (Å²) in [5, 5.41) is 4.22. The van der Waals surface area contributed by atoms with Crippen molar-refractivity contribution in [3.05, 3.63) is 67.3 Å². The van der Waals surface area contributed by atoms with Gasteiger partial charge in [-0.25, -0.2) is 4.98 Å². The van der Waals surface area contributed by atoms with Crippen LogP contribution in [0.25, 0.3) is 27.8 Å². The molecule has 0 unspecified atom stereocenters. The van der Waals surface area contributed by atoms with E-state index in [1.165, 1.54) is 0 Å². The van der Waals surface area contributed by atoms with E-state index in [-0.39, 0.29) is 0 Å². The number of aryl methyl sites for hydroxylation is 1. The van der Waals surface area contributed by atoms with E-state index < -0.39 is 0 Å². The van der Waals surface area contributed by atoms with Crippen LogP contribution in [0.2, 0.25) is 0 Å². The van der Waals surface area contributed by atoms with Gasteiger partial charge >= 0.3 is 0 Å². The monoisotopic (exact) mass is 274 g/mol. The Bertz CT molecular complexity index is 903. The van der Waals surface area contributed by atoms with Crippen LogP contribution >= 0.6 is 0 Å². The molecular formula is C17H14N4. The summed E-state index contributed by atoms with van der Waals surface area (Å²) in [7, 11) is 1.92. The lowest BCUT2D eigenvalue weighted by atomic mass is 10.1. The molecule has 21 heavy (non-hydrogen) atoms. The largest absolute Gasteiger partial charge is 0.299 e. The molecule has 0 atom stereocenters. The van der Waals surface area contributed by atoms with Crippen LogP contribution in [0.15, 0.2) is 67.3 Å². The summed E-state index contributed by atoms with van der Waals surface area (Å²) in [4.78, 5) is 4.52. The molecule has 0 fully saturated rings. The molecule has 102 valence electrons. The zero-order valence-corrected chi connectivity index (χ0v) is 11.6. The Morgan fingerprint density at radius 1 is 0.952 bits per heavy atom. The van der Waals surface area contributed by atoms with Gasteiger partial charge in [0.05, 0.1) is 17.2 Å². The highest BCUT2D eigenvalue weighted by atomic mass is 15.2. The lowest BCUT2D eigenvalue weighted by molar-refractivity contribution is 0.768. The first-order valence-electron chi connectivity index (χ1n) is 6.83. The molecule has 0 saturated carbocycles. The quantitative estimate of drug-likeness (QED) is 0.561. The zero-order chi connectivity index (χ0) is 14.2. The molecule has 0 bridgehead atoms. The Morgan fingerprint density at radius 2 is 1.81 bits per heavy atom. The molecule has 0 aliphatic heterocycles. The van der Waals surface area contributed by atoms with E-state index in [2.05, 4.69) is 45.0 Å². The molecule has 0 spiro atoms. The summed E-state index contributed by atoms with van der Waals surface area (Å²) in [6.07, 6.45) is 5.75. The second kappa shape index (κ2) is 4.59. The summed E-state index contributed by atoms with van der Waals surface area (Å²) in [6, 6.07) is 16.6. The molecule has 4 heteroatoms. The van der Waals surface area contributed by atoms with Gasteiger partial charge in [-0.2, -0.15) is 5.10 Å². The Morgan fingerprint density at radius 3 is 2.57 bits per heavy atom. The summed E-state index contributed by atoms with van der Waals surface area (Å²) in [6.45, 7) is 0. The van der Waals surface area contributed by atoms with Crippen molar-refractivity contribution in [2.75, 3.05) is 0 Å². The summed E-state index contributed by atoms with van der Waals surface area (Å²) < 4.78 is 3.91. The van der Waals surface area contributed by atoms with Crippen LogP contribution in [-0.4, -0.2) is 19.3 Å². The van der Waals surface area contributed by atoms with E-state index in [1.54, 1.807) is 0 Å². The highest BCUT2D eigenvalue weighted by Gasteiger charge is 2.07. The van der Waals surface area contributed by atoms with Gasteiger partial charge in [0.1, 0.15) is 6.33 Å². The minimum Gasteiger partial charge on any atom is -0.299 e. The fraction of sp³-hybridized carbons (Fsp3) is 0.0588. The lowest BCUT2D eigenvalue weighted by Gasteiger charge is -2.04. The number of rotatable bonds is 2. The number of imidazole rings is 1. The van der Waals surface area contributed by atoms with Gasteiger partial charge in [0.25, 0.3) is 0 Å². The number of para-hydroxylation sites is 1. The summed E-state index contributed by atoms with van der Waals surface area (Å²) in [5.74, 6) is 0. The second-order valence-electron chi connectivity index (χ2n) is 5.06. The third kappa shape index (κ3) is 2.01. The molecule has 2 heterocycles. The third-order valence-corrected chi connectivity index (χ3v) is 3.62. The Hall–Kier alpha value is -2.88. The standard InChI is InChI=1S/C17H14N4/c1-20-11-14(10-19-20)13-7-8-17-16(9-13)18-12-21(17)15-5-3-2-4-6-15/h2-12H,1H3. The fourth-order valence-electron chi connectivity index (χ4n) is 2.56. The average Bonchev–Trinajstić information content (AvgIpc) is 3.13. The molecule has 0 amide bonds. The predicted molar refractivity (Wildman–Crippen MR) is 83.3 cm³/mol.